The Morgan fingerprint density at radius 3 is 2.14 bits per heavy atom. The number of benzene rings is 1. The zero-order valence-corrected chi connectivity index (χ0v) is 23.5. The molecule has 3 heterocycles. The lowest BCUT2D eigenvalue weighted by Gasteiger charge is -2.43. The number of ether oxygens (including phenoxy) is 6. The van der Waals surface area contributed by atoms with E-state index in [0.717, 1.165) is 20.8 Å². The summed E-state index contributed by atoms with van der Waals surface area (Å²) in [5, 5.41) is 0.259. The van der Waals surface area contributed by atoms with E-state index in [-0.39, 0.29) is 22.1 Å². The van der Waals surface area contributed by atoms with E-state index >= 15 is 0 Å². The number of aromatic nitrogens is 1. The molecule has 0 saturated carbocycles. The zero-order chi connectivity index (χ0) is 30.6. The number of carbonyl (C=O) groups excluding carboxylic acids is 4. The smallest absolute Gasteiger partial charge is 0.303 e. The molecule has 42 heavy (non-hydrogen) atoms. The first kappa shape index (κ1) is 30.2. The summed E-state index contributed by atoms with van der Waals surface area (Å²) in [6, 6.07) is 9.61. The number of pyridine rings is 1. The van der Waals surface area contributed by atoms with Gasteiger partial charge in [-0.1, -0.05) is 6.07 Å². The van der Waals surface area contributed by atoms with Crippen LogP contribution >= 0.6 is 0 Å². The molecular formula is C29H29NO12. The minimum atomic E-state index is -1.44. The van der Waals surface area contributed by atoms with Gasteiger partial charge in [0.25, 0.3) is 0 Å². The van der Waals surface area contributed by atoms with Crippen LogP contribution in [0, 0.1) is 6.92 Å². The van der Waals surface area contributed by atoms with E-state index in [9.17, 15) is 24.0 Å². The Labute approximate surface area is 239 Å². The highest BCUT2D eigenvalue weighted by Crippen LogP contribution is 2.32. The van der Waals surface area contributed by atoms with Gasteiger partial charge >= 0.3 is 23.9 Å². The summed E-state index contributed by atoms with van der Waals surface area (Å²) >= 11 is 0. The lowest BCUT2D eigenvalue weighted by molar-refractivity contribution is -0.288. The fraction of sp³-hybridized carbons (Fsp3) is 0.379. The van der Waals surface area contributed by atoms with Gasteiger partial charge in [-0.2, -0.15) is 0 Å². The summed E-state index contributed by atoms with van der Waals surface area (Å²) in [5.41, 5.74) is 0.673. The summed E-state index contributed by atoms with van der Waals surface area (Å²) in [6.45, 7) is 5.78. The lowest BCUT2D eigenvalue weighted by atomic mass is 9.98. The van der Waals surface area contributed by atoms with Crippen LogP contribution in [0.2, 0.25) is 0 Å². The van der Waals surface area contributed by atoms with E-state index in [0.29, 0.717) is 17.0 Å². The van der Waals surface area contributed by atoms with Gasteiger partial charge in [0.05, 0.1) is 16.6 Å². The van der Waals surface area contributed by atoms with Crippen molar-refractivity contribution in [3.8, 4) is 17.0 Å². The van der Waals surface area contributed by atoms with Gasteiger partial charge in [-0.15, -0.1) is 0 Å². The van der Waals surface area contributed by atoms with Crippen LogP contribution in [-0.4, -0.2) is 66.2 Å². The van der Waals surface area contributed by atoms with Crippen molar-refractivity contribution in [1.29, 1.82) is 0 Å². The first-order valence-electron chi connectivity index (χ1n) is 12.9. The number of esters is 4. The molecule has 13 nitrogen and oxygen atoms in total. The molecule has 0 radical (unpaired) electrons. The molecule has 0 unspecified atom stereocenters. The van der Waals surface area contributed by atoms with Crippen molar-refractivity contribution in [3.63, 3.8) is 0 Å². The molecule has 0 amide bonds. The van der Waals surface area contributed by atoms with Crippen molar-refractivity contribution in [1.82, 2.24) is 4.98 Å². The SMILES string of the molecule is CC(=O)OC[C@@H]1O[C@H](Oc2ccc3c(=O)c(-c4ccccn4)c(C)oc3c2)[C@H](OC(C)=O)[C@@H](OC(C)=O)[C@H]1OC(C)=O. The highest BCUT2D eigenvalue weighted by Gasteiger charge is 2.53. The number of fused-ring (bicyclic) bond motifs is 1. The first-order valence-corrected chi connectivity index (χ1v) is 12.9. The normalized spacial score (nSPS) is 21.7. The van der Waals surface area contributed by atoms with Gasteiger partial charge in [0.15, 0.2) is 12.2 Å². The van der Waals surface area contributed by atoms with Crippen molar-refractivity contribution < 1.29 is 52.0 Å². The van der Waals surface area contributed by atoms with Crippen LogP contribution in [0.25, 0.3) is 22.2 Å². The van der Waals surface area contributed by atoms with E-state index in [2.05, 4.69) is 4.98 Å². The second-order valence-electron chi connectivity index (χ2n) is 9.42. The van der Waals surface area contributed by atoms with E-state index in [1.54, 1.807) is 31.3 Å². The van der Waals surface area contributed by atoms with Crippen LogP contribution in [0.5, 0.6) is 5.75 Å². The average molecular weight is 584 g/mol. The van der Waals surface area contributed by atoms with Gasteiger partial charge in [-0.25, -0.2) is 0 Å². The summed E-state index contributed by atoms with van der Waals surface area (Å²) in [5.74, 6) is -2.47. The van der Waals surface area contributed by atoms with Gasteiger partial charge in [-0.3, -0.25) is 29.0 Å². The number of rotatable bonds is 8. The van der Waals surface area contributed by atoms with Crippen molar-refractivity contribution in [3.05, 3.63) is 58.6 Å². The highest BCUT2D eigenvalue weighted by atomic mass is 16.7. The summed E-state index contributed by atoms with van der Waals surface area (Å²) in [7, 11) is 0. The second-order valence-corrected chi connectivity index (χ2v) is 9.42. The largest absolute Gasteiger partial charge is 0.463 e. The maximum Gasteiger partial charge on any atom is 0.303 e. The Hall–Kier alpha value is -4.78. The predicted molar refractivity (Wildman–Crippen MR) is 143 cm³/mol. The average Bonchev–Trinajstić information content (AvgIpc) is 2.90. The summed E-state index contributed by atoms with van der Waals surface area (Å²) in [6.07, 6.45) is -5.18. The van der Waals surface area contributed by atoms with Crippen LogP contribution < -0.4 is 10.2 Å². The zero-order valence-electron chi connectivity index (χ0n) is 23.5. The Morgan fingerprint density at radius 2 is 1.52 bits per heavy atom. The van der Waals surface area contributed by atoms with E-state index in [4.69, 9.17) is 32.8 Å². The molecule has 3 aromatic rings. The number of hydrogen-bond donors (Lipinski definition) is 0. The molecule has 1 aliphatic rings. The van der Waals surface area contributed by atoms with E-state index < -0.39 is 61.2 Å². The summed E-state index contributed by atoms with van der Waals surface area (Å²) in [4.78, 5) is 65.1. The molecule has 1 fully saturated rings. The van der Waals surface area contributed by atoms with Gasteiger partial charge < -0.3 is 32.8 Å². The van der Waals surface area contributed by atoms with E-state index in [1.807, 2.05) is 0 Å². The molecule has 0 aliphatic carbocycles. The molecule has 1 saturated heterocycles. The fourth-order valence-corrected chi connectivity index (χ4v) is 4.58. The van der Waals surface area contributed by atoms with Crippen molar-refractivity contribution in [2.75, 3.05) is 6.61 Å². The molecule has 0 bridgehead atoms. The van der Waals surface area contributed by atoms with Crippen LogP contribution in [-0.2, 0) is 42.9 Å². The standard InChI is InChI=1S/C29H29NO12/c1-14-24(21-8-6-7-11-30-21)25(35)20-10-9-19(12-22(20)37-14)41-29-28(40-18(5)34)27(39-17(4)33)26(38-16(3)32)23(42-29)13-36-15(2)31/h6-12,23,26-29H,13H2,1-5H3/t23-,26-,27-,28+,29-/m0/s1. The lowest BCUT2D eigenvalue weighted by Crippen LogP contribution is -2.63. The fourth-order valence-electron chi connectivity index (χ4n) is 4.58. The molecule has 0 spiro atoms. The third-order valence-electron chi connectivity index (χ3n) is 6.16. The maximum atomic E-state index is 13.3. The van der Waals surface area contributed by atoms with Gasteiger partial charge in [-0.05, 0) is 31.2 Å². The number of nitrogens with zero attached hydrogens (tertiary/aromatic N) is 1. The third-order valence-corrected chi connectivity index (χ3v) is 6.16. The Bertz CT molecular complexity index is 1550. The highest BCUT2D eigenvalue weighted by molar-refractivity contribution is 5.83. The number of hydrogen-bond acceptors (Lipinski definition) is 13. The molecular weight excluding hydrogens is 554 g/mol. The monoisotopic (exact) mass is 583 g/mol. The molecule has 4 rings (SSSR count). The first-order chi connectivity index (χ1) is 19.9. The molecule has 13 heteroatoms. The molecule has 1 aromatic carbocycles. The number of aryl methyl sites for hydroxylation is 1. The Balaban J connectivity index is 1.73. The Kier molecular flexibility index (Phi) is 9.21. The molecule has 0 N–H and O–H groups in total. The third kappa shape index (κ3) is 6.92. The Morgan fingerprint density at radius 1 is 0.857 bits per heavy atom. The molecule has 5 atom stereocenters. The van der Waals surface area contributed by atoms with Crippen LogP contribution in [0.15, 0.2) is 51.8 Å². The van der Waals surface area contributed by atoms with Gasteiger partial charge in [0, 0.05) is 40.0 Å². The van der Waals surface area contributed by atoms with Crippen molar-refractivity contribution >= 4 is 34.8 Å². The predicted octanol–water partition coefficient (Wildman–Crippen LogP) is 2.63. The second kappa shape index (κ2) is 12.8. The minimum Gasteiger partial charge on any atom is -0.463 e. The van der Waals surface area contributed by atoms with E-state index in [1.165, 1.54) is 25.1 Å². The summed E-state index contributed by atoms with van der Waals surface area (Å²) < 4.78 is 39.2. The van der Waals surface area contributed by atoms with Crippen LogP contribution in [0.4, 0.5) is 0 Å². The molecule has 2 aromatic heterocycles. The van der Waals surface area contributed by atoms with Crippen LogP contribution in [0.1, 0.15) is 33.5 Å². The number of carbonyl (C=O) groups is 4. The van der Waals surface area contributed by atoms with Crippen LogP contribution in [0.3, 0.4) is 0 Å². The topological polar surface area (TPSA) is 167 Å². The van der Waals surface area contributed by atoms with Gasteiger partial charge in [0.2, 0.25) is 17.8 Å². The molecule has 1 aliphatic heterocycles. The minimum absolute atomic E-state index is 0.136. The quantitative estimate of drug-likeness (QED) is 0.281. The molecule has 222 valence electrons. The van der Waals surface area contributed by atoms with Gasteiger partial charge in [0.1, 0.15) is 29.8 Å². The van der Waals surface area contributed by atoms with Crippen molar-refractivity contribution in [2.24, 2.45) is 0 Å². The van der Waals surface area contributed by atoms with Crippen molar-refractivity contribution in [2.45, 2.75) is 65.3 Å². The maximum absolute atomic E-state index is 13.3.